The van der Waals surface area contributed by atoms with Crippen molar-refractivity contribution in [2.75, 3.05) is 17.6 Å². The second kappa shape index (κ2) is 5.86. The summed E-state index contributed by atoms with van der Waals surface area (Å²) in [5, 5.41) is 5.50. The van der Waals surface area contributed by atoms with E-state index in [4.69, 9.17) is 5.73 Å². The molecule has 104 valence electrons. The first-order valence-electron chi connectivity index (χ1n) is 6.34. The molecule has 0 aromatic heterocycles. The minimum absolute atomic E-state index is 0.0115. The Labute approximate surface area is 110 Å². The first kappa shape index (κ1) is 13.6. The third-order valence-electron chi connectivity index (χ3n) is 2.89. The van der Waals surface area contributed by atoms with Crippen molar-refractivity contribution in [1.29, 1.82) is 0 Å². The summed E-state index contributed by atoms with van der Waals surface area (Å²) in [4.78, 5) is 11.4. The Morgan fingerprint density at radius 3 is 2.53 bits per heavy atom. The highest BCUT2D eigenvalue weighted by atomic mass is 19.1. The number of amides is 1. The Morgan fingerprint density at radius 2 is 1.95 bits per heavy atom. The average Bonchev–Trinajstić information content (AvgIpc) is 3.10. The lowest BCUT2D eigenvalue weighted by molar-refractivity contribution is -0.121. The molecular formula is C13H17F2N3O. The van der Waals surface area contributed by atoms with Crippen molar-refractivity contribution in [2.24, 2.45) is 0 Å². The molecule has 0 atom stereocenters. The molecule has 19 heavy (non-hydrogen) atoms. The molecule has 0 radical (unpaired) electrons. The molecule has 2 rings (SSSR count). The Morgan fingerprint density at radius 1 is 1.32 bits per heavy atom. The smallest absolute Gasteiger partial charge is 0.220 e. The van der Waals surface area contributed by atoms with Crippen LogP contribution in [-0.4, -0.2) is 18.5 Å². The van der Waals surface area contributed by atoms with Crippen molar-refractivity contribution in [3.63, 3.8) is 0 Å². The van der Waals surface area contributed by atoms with Gasteiger partial charge in [-0.25, -0.2) is 8.78 Å². The fourth-order valence-electron chi connectivity index (χ4n) is 1.75. The molecule has 1 aliphatic rings. The highest BCUT2D eigenvalue weighted by Crippen LogP contribution is 2.22. The van der Waals surface area contributed by atoms with Gasteiger partial charge in [-0.1, -0.05) is 0 Å². The summed E-state index contributed by atoms with van der Waals surface area (Å²) in [5.74, 6) is -1.46. The number of nitrogens with two attached hydrogens (primary N) is 1. The fraction of sp³-hybridized carbons (Fsp3) is 0.462. The van der Waals surface area contributed by atoms with Gasteiger partial charge in [0.05, 0.1) is 0 Å². The average molecular weight is 269 g/mol. The van der Waals surface area contributed by atoms with E-state index >= 15 is 0 Å². The monoisotopic (exact) mass is 269 g/mol. The van der Waals surface area contributed by atoms with E-state index in [2.05, 4.69) is 10.6 Å². The quantitative estimate of drug-likeness (QED) is 0.546. The van der Waals surface area contributed by atoms with Crippen molar-refractivity contribution in [1.82, 2.24) is 5.32 Å². The number of anilines is 2. The highest BCUT2D eigenvalue weighted by molar-refractivity contribution is 5.76. The summed E-state index contributed by atoms with van der Waals surface area (Å²) in [7, 11) is 0. The van der Waals surface area contributed by atoms with Crippen molar-refractivity contribution in [3.05, 3.63) is 23.8 Å². The van der Waals surface area contributed by atoms with Gasteiger partial charge in [-0.15, -0.1) is 0 Å². The van der Waals surface area contributed by atoms with Crippen molar-refractivity contribution in [2.45, 2.75) is 31.7 Å². The van der Waals surface area contributed by atoms with Crippen LogP contribution in [0.25, 0.3) is 0 Å². The molecule has 0 unspecified atom stereocenters. The van der Waals surface area contributed by atoms with Gasteiger partial charge >= 0.3 is 0 Å². The maximum atomic E-state index is 13.4. The Balaban J connectivity index is 1.74. The standard InChI is InChI=1S/C13H17F2N3O/c14-10-6-8(16)7-11(15)13(10)17-5-1-2-12(19)18-9-3-4-9/h6-7,9,17H,1-5,16H2,(H,18,19). The Hall–Kier alpha value is -1.85. The van der Waals surface area contributed by atoms with Crippen LogP contribution >= 0.6 is 0 Å². The topological polar surface area (TPSA) is 67.1 Å². The molecule has 4 N–H and O–H groups in total. The third kappa shape index (κ3) is 4.08. The number of halogens is 2. The zero-order valence-corrected chi connectivity index (χ0v) is 10.5. The molecule has 0 saturated heterocycles. The normalized spacial score (nSPS) is 14.2. The van der Waals surface area contributed by atoms with E-state index in [9.17, 15) is 13.6 Å². The van der Waals surface area contributed by atoms with E-state index in [1.807, 2.05) is 0 Å². The van der Waals surface area contributed by atoms with Gasteiger partial charge in [-0.3, -0.25) is 4.79 Å². The molecule has 1 aromatic carbocycles. The minimum atomic E-state index is -0.722. The van der Waals surface area contributed by atoms with Gasteiger partial charge in [-0.2, -0.15) is 0 Å². The van der Waals surface area contributed by atoms with E-state index in [1.54, 1.807) is 0 Å². The summed E-state index contributed by atoms with van der Waals surface area (Å²) < 4.78 is 26.8. The predicted molar refractivity (Wildman–Crippen MR) is 69.7 cm³/mol. The van der Waals surface area contributed by atoms with Crippen molar-refractivity contribution < 1.29 is 13.6 Å². The predicted octanol–water partition coefficient (Wildman–Crippen LogP) is 2.02. The molecule has 0 aliphatic heterocycles. The number of hydrogen-bond acceptors (Lipinski definition) is 3. The van der Waals surface area contributed by atoms with Gasteiger partial charge in [0, 0.05) is 24.7 Å². The molecule has 1 aromatic rings. The molecule has 0 bridgehead atoms. The fourth-order valence-corrected chi connectivity index (χ4v) is 1.75. The van der Waals surface area contributed by atoms with Crippen LogP contribution in [0.15, 0.2) is 12.1 Å². The van der Waals surface area contributed by atoms with Crippen LogP contribution in [0.1, 0.15) is 25.7 Å². The van der Waals surface area contributed by atoms with Crippen LogP contribution in [0, 0.1) is 11.6 Å². The van der Waals surface area contributed by atoms with Crippen LogP contribution in [0.3, 0.4) is 0 Å². The van der Waals surface area contributed by atoms with E-state index in [0.29, 0.717) is 25.4 Å². The molecule has 1 fully saturated rings. The number of nitrogen functional groups attached to an aromatic ring is 1. The van der Waals surface area contributed by atoms with Crippen molar-refractivity contribution >= 4 is 17.3 Å². The summed E-state index contributed by atoms with van der Waals surface area (Å²) in [6.45, 7) is 0.329. The molecule has 1 saturated carbocycles. The van der Waals surface area contributed by atoms with Gasteiger partial charge in [0.2, 0.25) is 5.91 Å². The largest absolute Gasteiger partial charge is 0.399 e. The summed E-state index contributed by atoms with van der Waals surface area (Å²) in [5.41, 5.74) is 5.16. The first-order chi connectivity index (χ1) is 9.06. The summed E-state index contributed by atoms with van der Waals surface area (Å²) in [6, 6.07) is 2.46. The Bertz CT molecular complexity index is 452. The molecule has 0 heterocycles. The van der Waals surface area contributed by atoms with Crippen LogP contribution < -0.4 is 16.4 Å². The number of carbonyl (C=O) groups excluding carboxylic acids is 1. The zero-order valence-electron chi connectivity index (χ0n) is 10.5. The minimum Gasteiger partial charge on any atom is -0.399 e. The number of benzene rings is 1. The third-order valence-corrected chi connectivity index (χ3v) is 2.89. The maximum absolute atomic E-state index is 13.4. The van der Waals surface area contributed by atoms with E-state index in [0.717, 1.165) is 25.0 Å². The maximum Gasteiger partial charge on any atom is 0.220 e. The van der Waals surface area contributed by atoms with Gasteiger partial charge in [0.1, 0.15) is 5.69 Å². The Kier molecular flexibility index (Phi) is 4.19. The lowest BCUT2D eigenvalue weighted by atomic mass is 10.2. The lowest BCUT2D eigenvalue weighted by Crippen LogP contribution is -2.25. The molecule has 1 aliphatic carbocycles. The van der Waals surface area contributed by atoms with Gasteiger partial charge in [-0.05, 0) is 31.4 Å². The van der Waals surface area contributed by atoms with Gasteiger partial charge in [0.15, 0.2) is 11.6 Å². The highest BCUT2D eigenvalue weighted by Gasteiger charge is 2.22. The molecule has 6 heteroatoms. The number of carbonyl (C=O) groups is 1. The SMILES string of the molecule is Nc1cc(F)c(NCCCC(=O)NC2CC2)c(F)c1. The van der Waals surface area contributed by atoms with Crippen molar-refractivity contribution in [3.8, 4) is 0 Å². The molecular weight excluding hydrogens is 252 g/mol. The summed E-state index contributed by atoms with van der Waals surface area (Å²) in [6.07, 6.45) is 2.96. The van der Waals surface area contributed by atoms with E-state index in [1.165, 1.54) is 0 Å². The molecule has 0 spiro atoms. The van der Waals surface area contributed by atoms with Gasteiger partial charge < -0.3 is 16.4 Å². The van der Waals surface area contributed by atoms with Gasteiger partial charge in [0.25, 0.3) is 0 Å². The zero-order chi connectivity index (χ0) is 13.8. The number of hydrogen-bond donors (Lipinski definition) is 3. The molecule has 1 amide bonds. The van der Waals surface area contributed by atoms with Crippen LogP contribution in [0.4, 0.5) is 20.2 Å². The number of nitrogens with one attached hydrogen (secondary N) is 2. The number of rotatable bonds is 6. The lowest BCUT2D eigenvalue weighted by Gasteiger charge is -2.09. The van der Waals surface area contributed by atoms with Crippen LogP contribution in [-0.2, 0) is 4.79 Å². The summed E-state index contributed by atoms with van der Waals surface area (Å²) >= 11 is 0. The van der Waals surface area contributed by atoms with Crippen LogP contribution in [0.5, 0.6) is 0 Å². The molecule has 4 nitrogen and oxygen atoms in total. The van der Waals surface area contributed by atoms with Crippen LogP contribution in [0.2, 0.25) is 0 Å². The van der Waals surface area contributed by atoms with E-state index < -0.39 is 11.6 Å². The first-order valence-corrected chi connectivity index (χ1v) is 6.34. The second-order valence-corrected chi connectivity index (χ2v) is 4.73. The van der Waals surface area contributed by atoms with E-state index in [-0.39, 0.29) is 17.3 Å². The second-order valence-electron chi connectivity index (χ2n) is 4.73.